The van der Waals surface area contributed by atoms with Gasteiger partial charge < -0.3 is 15.7 Å². The average molecular weight is 268 g/mol. The molecule has 0 aliphatic rings. The van der Waals surface area contributed by atoms with Crippen LogP contribution in [0.2, 0.25) is 0 Å². The zero-order valence-corrected chi connectivity index (χ0v) is 10.3. The summed E-state index contributed by atoms with van der Waals surface area (Å²) in [4.78, 5) is 10.9. The normalized spacial score (nSPS) is 14.1. The quantitative estimate of drug-likeness (QED) is 0.212. The van der Waals surface area contributed by atoms with Crippen molar-refractivity contribution in [3.8, 4) is 0 Å². The molecule has 100 valence electrons. The zero-order chi connectivity index (χ0) is 13.5. The van der Waals surface area contributed by atoms with Gasteiger partial charge in [0.2, 0.25) is 0 Å². The molecule has 9 nitrogen and oxygen atoms in total. The number of nitrogens with zero attached hydrogens (tertiary/aromatic N) is 1. The second kappa shape index (κ2) is 6.91. The number of carbonyl (C=O) groups is 1. The number of carbonyl (C=O) groups excluding carboxylic acids is 1. The van der Waals surface area contributed by atoms with E-state index in [-0.39, 0.29) is 18.9 Å². The van der Waals surface area contributed by atoms with Crippen molar-refractivity contribution in [1.82, 2.24) is 9.44 Å². The summed E-state index contributed by atoms with van der Waals surface area (Å²) in [5.74, 6) is -0.304. The van der Waals surface area contributed by atoms with Crippen LogP contribution in [0.25, 0.3) is 0 Å². The molecule has 0 aliphatic heterocycles. The zero-order valence-electron chi connectivity index (χ0n) is 9.50. The van der Waals surface area contributed by atoms with Crippen molar-refractivity contribution in [2.75, 3.05) is 6.61 Å². The Morgan fingerprint density at radius 3 is 2.53 bits per heavy atom. The number of rotatable bonds is 6. The highest BCUT2D eigenvalue weighted by Crippen LogP contribution is 1.94. The third-order valence-electron chi connectivity index (χ3n) is 1.67. The third-order valence-corrected chi connectivity index (χ3v) is 2.70. The molecule has 0 rings (SSSR count). The Morgan fingerprint density at radius 1 is 1.53 bits per heavy atom. The third kappa shape index (κ3) is 5.92. The van der Waals surface area contributed by atoms with E-state index in [9.17, 15) is 13.2 Å². The van der Waals surface area contributed by atoms with Crippen LogP contribution in [0.15, 0.2) is 5.16 Å². The smallest absolute Gasteiger partial charge is 0.421 e. The van der Waals surface area contributed by atoms with E-state index in [0.717, 1.165) is 0 Å². The first-order chi connectivity index (χ1) is 7.86. The molecule has 0 saturated heterocycles. The SMILES string of the molecule is CCOC(=O)NS(=O)(=O)NC(CC)C(N)=NO. The highest BCUT2D eigenvalue weighted by Gasteiger charge is 2.22. The lowest BCUT2D eigenvalue weighted by molar-refractivity contribution is 0.158. The summed E-state index contributed by atoms with van der Waals surface area (Å²) in [7, 11) is -4.12. The van der Waals surface area contributed by atoms with Gasteiger partial charge in [-0.2, -0.15) is 13.1 Å². The molecule has 5 N–H and O–H groups in total. The lowest BCUT2D eigenvalue weighted by atomic mass is 10.2. The summed E-state index contributed by atoms with van der Waals surface area (Å²) in [6, 6.07) is -0.910. The maximum absolute atomic E-state index is 11.4. The molecule has 1 unspecified atom stereocenters. The van der Waals surface area contributed by atoms with Crippen LogP contribution in [0.3, 0.4) is 0 Å². The van der Waals surface area contributed by atoms with E-state index < -0.39 is 22.3 Å². The predicted molar refractivity (Wildman–Crippen MR) is 59.7 cm³/mol. The Hall–Kier alpha value is -1.55. The Bertz CT molecular complexity index is 380. The summed E-state index contributed by atoms with van der Waals surface area (Å²) in [6.07, 6.45) is -0.853. The van der Waals surface area contributed by atoms with Crippen LogP contribution in [-0.4, -0.2) is 38.2 Å². The molecule has 0 saturated carbocycles. The van der Waals surface area contributed by atoms with E-state index in [4.69, 9.17) is 10.9 Å². The molecule has 0 heterocycles. The fourth-order valence-corrected chi connectivity index (χ4v) is 1.91. The molecule has 0 aromatic rings. The predicted octanol–water partition coefficient (Wildman–Crippen LogP) is -0.908. The van der Waals surface area contributed by atoms with E-state index in [0.29, 0.717) is 0 Å². The fraction of sp³-hybridized carbons (Fsp3) is 0.714. The minimum atomic E-state index is -4.12. The fourth-order valence-electron chi connectivity index (χ4n) is 0.910. The van der Waals surface area contributed by atoms with Crippen molar-refractivity contribution in [2.45, 2.75) is 26.3 Å². The van der Waals surface area contributed by atoms with Crippen molar-refractivity contribution in [3.05, 3.63) is 0 Å². The number of nitrogens with two attached hydrogens (primary N) is 1. The summed E-state index contributed by atoms with van der Waals surface area (Å²) >= 11 is 0. The number of hydrogen-bond donors (Lipinski definition) is 4. The summed E-state index contributed by atoms with van der Waals surface area (Å²) < 4.78 is 30.8. The molecule has 0 radical (unpaired) electrons. The molecule has 0 aromatic heterocycles. The topological polar surface area (TPSA) is 143 Å². The van der Waals surface area contributed by atoms with Gasteiger partial charge in [-0.15, -0.1) is 0 Å². The van der Waals surface area contributed by atoms with Gasteiger partial charge in [0, 0.05) is 0 Å². The monoisotopic (exact) mass is 268 g/mol. The van der Waals surface area contributed by atoms with Crippen molar-refractivity contribution in [2.24, 2.45) is 10.9 Å². The summed E-state index contributed by atoms with van der Waals surface area (Å²) in [6.45, 7) is 3.19. The van der Waals surface area contributed by atoms with E-state index >= 15 is 0 Å². The van der Waals surface area contributed by atoms with Gasteiger partial charge >= 0.3 is 16.3 Å². The molecule has 0 aliphatic carbocycles. The number of hydrogen-bond acceptors (Lipinski definition) is 6. The maximum atomic E-state index is 11.4. The van der Waals surface area contributed by atoms with Crippen LogP contribution in [0, 0.1) is 0 Å². The van der Waals surface area contributed by atoms with Crippen LogP contribution in [0.5, 0.6) is 0 Å². The van der Waals surface area contributed by atoms with Gasteiger partial charge in [0.15, 0.2) is 5.84 Å². The highest BCUT2D eigenvalue weighted by atomic mass is 32.2. The average Bonchev–Trinajstić information content (AvgIpc) is 2.24. The molecule has 0 bridgehead atoms. The van der Waals surface area contributed by atoms with E-state index in [1.807, 2.05) is 4.72 Å². The Labute approximate surface area is 99.2 Å². The van der Waals surface area contributed by atoms with Crippen LogP contribution < -0.4 is 15.2 Å². The van der Waals surface area contributed by atoms with Crippen molar-refractivity contribution >= 4 is 22.1 Å². The van der Waals surface area contributed by atoms with Crippen LogP contribution in [-0.2, 0) is 14.9 Å². The molecule has 10 heteroatoms. The van der Waals surface area contributed by atoms with Crippen LogP contribution >= 0.6 is 0 Å². The Balaban J connectivity index is 4.58. The Kier molecular flexibility index (Phi) is 6.28. The van der Waals surface area contributed by atoms with Crippen LogP contribution in [0.4, 0.5) is 4.79 Å². The molecule has 0 fully saturated rings. The lowest BCUT2D eigenvalue weighted by Crippen LogP contribution is -2.50. The van der Waals surface area contributed by atoms with Crippen molar-refractivity contribution < 1.29 is 23.2 Å². The van der Waals surface area contributed by atoms with Gasteiger partial charge in [-0.3, -0.25) is 0 Å². The summed E-state index contributed by atoms with van der Waals surface area (Å²) in [5.41, 5.74) is 5.25. The molecule has 17 heavy (non-hydrogen) atoms. The first kappa shape index (κ1) is 15.4. The van der Waals surface area contributed by atoms with Gasteiger partial charge in [0.25, 0.3) is 0 Å². The number of nitrogens with one attached hydrogen (secondary N) is 2. The van der Waals surface area contributed by atoms with Gasteiger partial charge in [-0.05, 0) is 13.3 Å². The Morgan fingerprint density at radius 2 is 2.12 bits per heavy atom. The molecule has 0 spiro atoms. The maximum Gasteiger partial charge on any atom is 0.421 e. The first-order valence-electron chi connectivity index (χ1n) is 4.80. The number of amides is 1. The second-order valence-electron chi connectivity index (χ2n) is 2.93. The van der Waals surface area contributed by atoms with Gasteiger partial charge in [-0.25, -0.2) is 9.52 Å². The van der Waals surface area contributed by atoms with Crippen molar-refractivity contribution in [1.29, 1.82) is 0 Å². The molecule has 1 atom stereocenters. The first-order valence-corrected chi connectivity index (χ1v) is 6.28. The standard InChI is InChI=1S/C7H16N4O5S/c1-3-5(6(8)9-13)10-17(14,15)11-7(12)16-4-2/h5,10,13H,3-4H2,1-2H3,(H2,8,9)(H,11,12). The largest absolute Gasteiger partial charge is 0.449 e. The van der Waals surface area contributed by atoms with E-state index in [2.05, 4.69) is 9.89 Å². The van der Waals surface area contributed by atoms with Gasteiger partial charge in [0.1, 0.15) is 0 Å². The van der Waals surface area contributed by atoms with E-state index in [1.165, 1.54) is 6.92 Å². The van der Waals surface area contributed by atoms with Gasteiger partial charge in [0.05, 0.1) is 12.6 Å². The molecular weight excluding hydrogens is 252 g/mol. The number of ether oxygens (including phenoxy) is 1. The highest BCUT2D eigenvalue weighted by molar-refractivity contribution is 7.88. The number of oxime groups is 1. The minimum Gasteiger partial charge on any atom is -0.449 e. The second-order valence-corrected chi connectivity index (χ2v) is 4.38. The number of amidine groups is 1. The van der Waals surface area contributed by atoms with Crippen LogP contribution in [0.1, 0.15) is 20.3 Å². The summed E-state index contributed by atoms with van der Waals surface area (Å²) in [5, 5.41) is 11.1. The van der Waals surface area contributed by atoms with Crippen molar-refractivity contribution in [3.63, 3.8) is 0 Å². The molecular formula is C7H16N4O5S. The minimum absolute atomic E-state index is 0.0405. The molecule has 1 amide bonds. The van der Waals surface area contributed by atoms with E-state index in [1.54, 1.807) is 11.6 Å². The lowest BCUT2D eigenvalue weighted by Gasteiger charge is -2.15. The van der Waals surface area contributed by atoms with Gasteiger partial charge in [-0.1, -0.05) is 12.1 Å². The molecule has 0 aromatic carbocycles.